The minimum Gasteiger partial charge on any atom is -0.369 e. The summed E-state index contributed by atoms with van der Waals surface area (Å²) in [6.07, 6.45) is -8.28. The van der Waals surface area contributed by atoms with Crippen molar-refractivity contribution in [3.05, 3.63) is 77.4 Å². The number of carbonyl (C=O) groups excluding carboxylic acids is 1. The van der Waals surface area contributed by atoms with Crippen LogP contribution in [0.25, 0.3) is 16.5 Å². The van der Waals surface area contributed by atoms with Crippen LogP contribution in [0.3, 0.4) is 0 Å². The molecule has 1 unspecified atom stereocenters. The zero-order valence-electron chi connectivity index (χ0n) is 17.2. The molecule has 1 aliphatic rings. The fourth-order valence-corrected chi connectivity index (χ4v) is 4.36. The molecule has 0 aliphatic carbocycles. The van der Waals surface area contributed by atoms with Crippen LogP contribution in [0.4, 0.5) is 37.7 Å². The van der Waals surface area contributed by atoms with E-state index in [0.717, 1.165) is 24.0 Å². The summed E-state index contributed by atoms with van der Waals surface area (Å²) in [5, 5.41) is 9.80. The Labute approximate surface area is 198 Å². The predicted octanol–water partition coefficient (Wildman–Crippen LogP) is 6.06. The average molecular weight is 509 g/mol. The van der Waals surface area contributed by atoms with Gasteiger partial charge in [-0.15, -0.1) is 12.6 Å². The summed E-state index contributed by atoms with van der Waals surface area (Å²) < 4.78 is 81.8. The Kier molecular flexibility index (Phi) is 5.20. The molecular weight excluding hydrogens is 496 g/mol. The summed E-state index contributed by atoms with van der Waals surface area (Å²) in [7, 11) is 0. The van der Waals surface area contributed by atoms with Gasteiger partial charge in [0.15, 0.2) is 5.69 Å². The van der Waals surface area contributed by atoms with Crippen LogP contribution in [0.15, 0.2) is 54.9 Å². The molecule has 6 nitrogen and oxygen atoms in total. The number of hydrogen-bond donors (Lipinski definition) is 3. The monoisotopic (exact) mass is 509 g/mol. The molecule has 0 saturated carbocycles. The third kappa shape index (κ3) is 3.95. The third-order valence-corrected chi connectivity index (χ3v) is 5.86. The first kappa shape index (κ1) is 23.0. The zero-order chi connectivity index (χ0) is 25.1. The molecule has 13 heteroatoms. The number of nitrogens with zero attached hydrogens (tertiary/aromatic N) is 3. The second-order valence-corrected chi connectivity index (χ2v) is 8.16. The lowest BCUT2D eigenvalue weighted by Crippen LogP contribution is -2.21. The van der Waals surface area contributed by atoms with Crippen molar-refractivity contribution in [1.29, 1.82) is 0 Å². The first-order valence-electron chi connectivity index (χ1n) is 9.95. The summed E-state index contributed by atoms with van der Waals surface area (Å²) in [6.45, 7) is 0. The molecule has 35 heavy (non-hydrogen) atoms. The van der Waals surface area contributed by atoms with Crippen LogP contribution in [0.2, 0.25) is 0 Å². The van der Waals surface area contributed by atoms with Crippen LogP contribution in [-0.2, 0) is 12.4 Å². The van der Waals surface area contributed by atoms with Gasteiger partial charge < -0.3 is 10.6 Å². The number of amides is 1. The van der Waals surface area contributed by atoms with Crippen LogP contribution in [0, 0.1) is 0 Å². The van der Waals surface area contributed by atoms with E-state index >= 15 is 0 Å². The van der Waals surface area contributed by atoms with Gasteiger partial charge in [-0.2, -0.15) is 31.4 Å². The molecular formula is C22H13F6N5OS. The molecule has 0 spiro atoms. The SMILES string of the molecule is O=C(Nc1ccnc(C(F)(F)F)c1)c1cnn(-c2ccc3c4c(cccc24)C(S)N3)c1C(F)(F)F. The highest BCUT2D eigenvalue weighted by molar-refractivity contribution is 7.80. The Bertz CT molecular complexity index is 1480. The Balaban J connectivity index is 1.60. The topological polar surface area (TPSA) is 71.8 Å². The van der Waals surface area contributed by atoms with E-state index in [0.29, 0.717) is 27.2 Å². The molecule has 180 valence electrons. The van der Waals surface area contributed by atoms with Crippen molar-refractivity contribution in [1.82, 2.24) is 14.8 Å². The fraction of sp³-hybridized carbons (Fsp3) is 0.136. The number of thiol groups is 1. The van der Waals surface area contributed by atoms with Gasteiger partial charge in [-0.25, -0.2) is 4.68 Å². The maximum Gasteiger partial charge on any atom is 0.434 e. The smallest absolute Gasteiger partial charge is 0.369 e. The predicted molar refractivity (Wildman–Crippen MR) is 119 cm³/mol. The molecule has 1 atom stereocenters. The lowest BCUT2D eigenvalue weighted by molar-refractivity contribution is -0.143. The van der Waals surface area contributed by atoms with E-state index in [-0.39, 0.29) is 16.7 Å². The van der Waals surface area contributed by atoms with E-state index in [1.165, 1.54) is 6.07 Å². The van der Waals surface area contributed by atoms with Crippen LogP contribution < -0.4 is 10.6 Å². The lowest BCUT2D eigenvalue weighted by atomic mass is 10.0. The number of nitrogens with one attached hydrogen (secondary N) is 2. The van der Waals surface area contributed by atoms with Crippen LogP contribution in [-0.4, -0.2) is 20.7 Å². The van der Waals surface area contributed by atoms with Gasteiger partial charge in [-0.1, -0.05) is 18.2 Å². The Hall–Kier alpha value is -3.74. The third-order valence-electron chi connectivity index (χ3n) is 5.46. The summed E-state index contributed by atoms with van der Waals surface area (Å²) in [5.41, 5.74) is -2.34. The lowest BCUT2D eigenvalue weighted by Gasteiger charge is -2.15. The van der Waals surface area contributed by atoms with Gasteiger partial charge in [-0.05, 0) is 29.8 Å². The van der Waals surface area contributed by atoms with Crippen molar-refractivity contribution in [3.8, 4) is 5.69 Å². The van der Waals surface area contributed by atoms with Gasteiger partial charge in [0.1, 0.15) is 5.69 Å². The number of halogens is 6. The highest BCUT2D eigenvalue weighted by Gasteiger charge is 2.41. The first-order chi connectivity index (χ1) is 16.4. The van der Waals surface area contributed by atoms with E-state index in [9.17, 15) is 31.1 Å². The number of benzene rings is 2. The van der Waals surface area contributed by atoms with Crippen molar-refractivity contribution in [2.75, 3.05) is 10.6 Å². The Morgan fingerprint density at radius 1 is 1.06 bits per heavy atom. The average Bonchev–Trinajstić information content (AvgIpc) is 3.37. The second-order valence-electron chi connectivity index (χ2n) is 7.65. The maximum atomic E-state index is 14.2. The van der Waals surface area contributed by atoms with E-state index in [1.807, 2.05) is 0 Å². The summed E-state index contributed by atoms with van der Waals surface area (Å²) >= 11 is 4.44. The van der Waals surface area contributed by atoms with Gasteiger partial charge in [-0.3, -0.25) is 9.78 Å². The summed E-state index contributed by atoms with van der Waals surface area (Å²) in [6, 6.07) is 9.69. The minimum absolute atomic E-state index is 0.0736. The van der Waals surface area contributed by atoms with Crippen LogP contribution in [0.1, 0.15) is 32.7 Å². The van der Waals surface area contributed by atoms with E-state index in [4.69, 9.17) is 0 Å². The van der Waals surface area contributed by atoms with Gasteiger partial charge in [0.25, 0.3) is 5.91 Å². The quantitative estimate of drug-likeness (QED) is 0.232. The fourth-order valence-electron chi connectivity index (χ4n) is 4.01. The number of rotatable bonds is 3. The number of hydrogen-bond acceptors (Lipinski definition) is 5. The minimum atomic E-state index is -5.01. The van der Waals surface area contributed by atoms with Crippen molar-refractivity contribution >= 4 is 40.7 Å². The number of pyridine rings is 1. The van der Waals surface area contributed by atoms with Crippen molar-refractivity contribution in [2.45, 2.75) is 17.7 Å². The molecule has 5 rings (SSSR count). The molecule has 4 aromatic rings. The largest absolute Gasteiger partial charge is 0.434 e. The molecule has 0 bridgehead atoms. The Morgan fingerprint density at radius 3 is 2.54 bits per heavy atom. The van der Waals surface area contributed by atoms with Crippen molar-refractivity contribution in [3.63, 3.8) is 0 Å². The highest BCUT2D eigenvalue weighted by atomic mass is 32.1. The molecule has 1 amide bonds. The maximum absolute atomic E-state index is 14.2. The normalized spacial score (nSPS) is 15.3. The number of carbonyl (C=O) groups is 1. The molecule has 2 aromatic carbocycles. The number of alkyl halides is 6. The molecule has 0 radical (unpaired) electrons. The number of aromatic nitrogens is 3. The Morgan fingerprint density at radius 2 is 1.83 bits per heavy atom. The number of anilines is 2. The molecule has 0 saturated heterocycles. The van der Waals surface area contributed by atoms with Crippen molar-refractivity contribution in [2.24, 2.45) is 0 Å². The highest BCUT2D eigenvalue weighted by Crippen LogP contribution is 2.44. The molecule has 1 aliphatic heterocycles. The molecule has 3 heterocycles. The standard InChI is InChI=1S/C22H13F6N5OS/c23-21(24,25)16-8-10(6-7-29-16)31-19(34)13-9-30-33(18(13)22(26,27)28)15-5-4-14-17-11(15)2-1-3-12(17)20(35)32-14/h1-9,20,32,35H,(H,29,31,34). The second kappa shape index (κ2) is 7.90. The van der Waals surface area contributed by atoms with Gasteiger partial charge >= 0.3 is 12.4 Å². The van der Waals surface area contributed by atoms with Gasteiger partial charge in [0, 0.05) is 28.3 Å². The van der Waals surface area contributed by atoms with Crippen LogP contribution in [0.5, 0.6) is 0 Å². The van der Waals surface area contributed by atoms with Gasteiger partial charge in [0.2, 0.25) is 0 Å². The van der Waals surface area contributed by atoms with E-state index in [2.05, 4.69) is 33.3 Å². The van der Waals surface area contributed by atoms with Crippen LogP contribution >= 0.6 is 12.6 Å². The first-order valence-corrected chi connectivity index (χ1v) is 10.5. The summed E-state index contributed by atoms with van der Waals surface area (Å²) in [4.78, 5) is 15.9. The van der Waals surface area contributed by atoms with E-state index < -0.39 is 35.2 Å². The molecule has 2 N–H and O–H groups in total. The van der Waals surface area contributed by atoms with Gasteiger partial charge in [0.05, 0.1) is 22.8 Å². The van der Waals surface area contributed by atoms with E-state index in [1.54, 1.807) is 24.3 Å². The van der Waals surface area contributed by atoms with Crippen molar-refractivity contribution < 1.29 is 31.1 Å². The molecule has 2 aromatic heterocycles. The zero-order valence-corrected chi connectivity index (χ0v) is 18.1. The summed E-state index contributed by atoms with van der Waals surface area (Å²) in [5.74, 6) is -1.27. The molecule has 0 fully saturated rings.